The van der Waals surface area contributed by atoms with Gasteiger partial charge in [-0.25, -0.2) is 4.98 Å². The highest BCUT2D eigenvalue weighted by Gasteiger charge is 2.20. The second kappa shape index (κ2) is 9.70. The molecule has 0 saturated heterocycles. The van der Waals surface area contributed by atoms with Crippen LogP contribution in [0.2, 0.25) is 0 Å². The summed E-state index contributed by atoms with van der Waals surface area (Å²) < 4.78 is 0. The maximum absolute atomic E-state index is 5.08. The van der Waals surface area contributed by atoms with Crippen LogP contribution in [0.1, 0.15) is 59.6 Å². The molecule has 0 bridgehead atoms. The van der Waals surface area contributed by atoms with Gasteiger partial charge in [0.1, 0.15) is 0 Å². The Bertz CT molecular complexity index is 1180. The van der Waals surface area contributed by atoms with Crippen molar-refractivity contribution in [1.29, 1.82) is 0 Å². The Morgan fingerprint density at radius 2 is 1.42 bits per heavy atom. The third-order valence-electron chi connectivity index (χ3n) is 5.91. The molecule has 1 aromatic heterocycles. The molecule has 0 radical (unpaired) electrons. The summed E-state index contributed by atoms with van der Waals surface area (Å²) in [5.41, 5.74) is 9.22. The van der Waals surface area contributed by atoms with Crippen molar-refractivity contribution in [3.8, 4) is 22.5 Å². The fourth-order valence-electron chi connectivity index (χ4n) is 4.00. The van der Waals surface area contributed by atoms with Crippen molar-refractivity contribution in [2.24, 2.45) is 10.4 Å². The number of aromatic nitrogens is 1. The molecule has 0 fully saturated rings. The highest BCUT2D eigenvalue weighted by Crippen LogP contribution is 2.36. The van der Waals surface area contributed by atoms with Crippen LogP contribution in [-0.2, 0) is 5.41 Å². The van der Waals surface area contributed by atoms with Gasteiger partial charge in [-0.3, -0.25) is 4.99 Å². The van der Waals surface area contributed by atoms with Gasteiger partial charge in [0.25, 0.3) is 0 Å². The van der Waals surface area contributed by atoms with Crippen LogP contribution in [0.3, 0.4) is 0 Å². The van der Waals surface area contributed by atoms with Crippen LogP contribution < -0.4 is 0 Å². The maximum atomic E-state index is 5.08. The van der Waals surface area contributed by atoms with E-state index in [1.807, 2.05) is 6.07 Å². The molecule has 33 heavy (non-hydrogen) atoms. The first-order valence-corrected chi connectivity index (χ1v) is 11.5. The van der Waals surface area contributed by atoms with Gasteiger partial charge in [0.15, 0.2) is 0 Å². The zero-order valence-corrected chi connectivity index (χ0v) is 21.1. The number of pyridine rings is 1. The summed E-state index contributed by atoms with van der Waals surface area (Å²) in [4.78, 5) is 9.00. The molecule has 0 amide bonds. The molecule has 0 spiro atoms. The van der Waals surface area contributed by atoms with Gasteiger partial charge in [0.2, 0.25) is 0 Å². The van der Waals surface area contributed by atoms with E-state index in [0.29, 0.717) is 0 Å². The molecule has 2 nitrogen and oxygen atoms in total. The number of aliphatic imine (C=N–C) groups is 1. The number of benzene rings is 2. The highest BCUT2D eigenvalue weighted by atomic mass is 14.7. The molecule has 0 aliphatic heterocycles. The van der Waals surface area contributed by atoms with Crippen LogP contribution >= 0.6 is 0 Å². The lowest BCUT2D eigenvalue weighted by Gasteiger charge is -2.24. The van der Waals surface area contributed by atoms with E-state index >= 15 is 0 Å². The van der Waals surface area contributed by atoms with E-state index in [1.165, 1.54) is 22.3 Å². The zero-order chi connectivity index (χ0) is 24.2. The minimum atomic E-state index is -0.00778. The Kier molecular flexibility index (Phi) is 7.17. The standard InChI is InChI=1S/C31H36N2/c1-22(27(17-18-32-8)31(5,6)7)24-15-12-16-25(19-24)29-21-26(30(2,3)4)20-28(33-29)23-13-10-9-11-14-23/h9-21H,8H2,1-7H3/b18-17-,27-22-. The van der Waals surface area contributed by atoms with E-state index in [1.54, 1.807) is 6.20 Å². The first kappa shape index (κ1) is 24.4. The number of rotatable bonds is 5. The average molecular weight is 437 g/mol. The van der Waals surface area contributed by atoms with Crippen LogP contribution in [0.15, 0.2) is 89.6 Å². The van der Waals surface area contributed by atoms with Gasteiger partial charge in [0, 0.05) is 17.3 Å². The van der Waals surface area contributed by atoms with Crippen LogP contribution in [-0.4, -0.2) is 11.7 Å². The van der Waals surface area contributed by atoms with E-state index in [2.05, 4.69) is 127 Å². The van der Waals surface area contributed by atoms with Gasteiger partial charge >= 0.3 is 0 Å². The Morgan fingerprint density at radius 3 is 2.00 bits per heavy atom. The second-order valence-electron chi connectivity index (χ2n) is 10.6. The Balaban J connectivity index is 2.19. The minimum Gasteiger partial charge on any atom is -0.273 e. The quantitative estimate of drug-likeness (QED) is 0.290. The maximum Gasteiger partial charge on any atom is 0.0712 e. The van der Waals surface area contributed by atoms with E-state index < -0.39 is 0 Å². The molecular weight excluding hydrogens is 400 g/mol. The summed E-state index contributed by atoms with van der Waals surface area (Å²) >= 11 is 0. The fraction of sp³-hybridized carbons (Fsp3) is 0.290. The van der Waals surface area contributed by atoms with Crippen molar-refractivity contribution in [2.75, 3.05) is 0 Å². The summed E-state index contributed by atoms with van der Waals surface area (Å²) in [7, 11) is 0. The van der Waals surface area contributed by atoms with Crippen molar-refractivity contribution in [3.63, 3.8) is 0 Å². The van der Waals surface area contributed by atoms with Crippen LogP contribution in [0.5, 0.6) is 0 Å². The monoisotopic (exact) mass is 436 g/mol. The molecule has 0 saturated carbocycles. The predicted molar refractivity (Wildman–Crippen MR) is 145 cm³/mol. The zero-order valence-electron chi connectivity index (χ0n) is 21.1. The average Bonchev–Trinajstić information content (AvgIpc) is 2.78. The van der Waals surface area contributed by atoms with Gasteiger partial charge in [0.05, 0.1) is 11.4 Å². The number of allylic oxidation sites excluding steroid dienone is 3. The smallest absolute Gasteiger partial charge is 0.0712 e. The molecule has 170 valence electrons. The molecule has 2 heteroatoms. The predicted octanol–water partition coefficient (Wildman–Crippen LogP) is 8.75. The number of nitrogens with zero attached hydrogens (tertiary/aromatic N) is 2. The summed E-state index contributed by atoms with van der Waals surface area (Å²) in [6.07, 6.45) is 3.84. The molecule has 3 aromatic rings. The second-order valence-corrected chi connectivity index (χ2v) is 10.6. The van der Waals surface area contributed by atoms with Crippen molar-refractivity contribution >= 4 is 12.3 Å². The first-order chi connectivity index (χ1) is 15.5. The van der Waals surface area contributed by atoms with Crippen LogP contribution in [0, 0.1) is 5.41 Å². The Labute approximate surface area is 199 Å². The third kappa shape index (κ3) is 5.96. The normalized spacial score (nSPS) is 13.2. The minimum absolute atomic E-state index is 0.00778. The van der Waals surface area contributed by atoms with E-state index in [4.69, 9.17) is 4.98 Å². The van der Waals surface area contributed by atoms with E-state index in [9.17, 15) is 0 Å². The summed E-state index contributed by atoms with van der Waals surface area (Å²) in [5, 5.41) is 0. The van der Waals surface area contributed by atoms with Crippen molar-refractivity contribution < 1.29 is 0 Å². The Morgan fingerprint density at radius 1 is 0.818 bits per heavy atom. The molecule has 0 aliphatic carbocycles. The summed E-state index contributed by atoms with van der Waals surface area (Å²) in [6.45, 7) is 19.2. The van der Waals surface area contributed by atoms with Crippen molar-refractivity contribution in [3.05, 3.63) is 95.7 Å². The molecule has 0 N–H and O–H groups in total. The SMILES string of the molecule is C=N/C=C\C(=C(/C)c1cccc(-c2cc(C(C)(C)C)cc(-c3ccccc3)n2)c1)C(C)(C)C. The van der Waals surface area contributed by atoms with Crippen LogP contribution in [0.25, 0.3) is 28.1 Å². The molecule has 0 atom stereocenters. The third-order valence-corrected chi connectivity index (χ3v) is 5.91. The molecule has 2 aromatic carbocycles. The Hall–Kier alpha value is -3.26. The van der Waals surface area contributed by atoms with Gasteiger partial charge in [-0.05, 0) is 71.0 Å². The molecule has 1 heterocycles. The first-order valence-electron chi connectivity index (χ1n) is 11.5. The van der Waals surface area contributed by atoms with E-state index in [-0.39, 0.29) is 10.8 Å². The molecule has 3 rings (SSSR count). The number of hydrogen-bond acceptors (Lipinski definition) is 2. The van der Waals surface area contributed by atoms with Crippen LogP contribution in [0.4, 0.5) is 0 Å². The lowest BCUT2D eigenvalue weighted by molar-refractivity contribution is 0.518. The summed E-state index contributed by atoms with van der Waals surface area (Å²) in [5.74, 6) is 0. The molecule has 0 unspecified atom stereocenters. The van der Waals surface area contributed by atoms with E-state index in [0.717, 1.165) is 22.5 Å². The fourth-order valence-corrected chi connectivity index (χ4v) is 4.00. The molecule has 0 aliphatic rings. The lowest BCUT2D eigenvalue weighted by atomic mass is 9.81. The summed E-state index contributed by atoms with van der Waals surface area (Å²) in [6, 6.07) is 23.6. The highest BCUT2D eigenvalue weighted by molar-refractivity contribution is 5.75. The number of hydrogen-bond donors (Lipinski definition) is 0. The van der Waals surface area contributed by atoms with Crippen molar-refractivity contribution in [2.45, 2.75) is 53.9 Å². The molecular formula is C31H36N2. The van der Waals surface area contributed by atoms with Crippen molar-refractivity contribution in [1.82, 2.24) is 4.98 Å². The van der Waals surface area contributed by atoms with Gasteiger partial charge in [-0.1, -0.05) is 90.1 Å². The lowest BCUT2D eigenvalue weighted by Crippen LogP contribution is -2.12. The topological polar surface area (TPSA) is 25.2 Å². The van der Waals surface area contributed by atoms with Gasteiger partial charge < -0.3 is 0 Å². The largest absolute Gasteiger partial charge is 0.273 e. The van der Waals surface area contributed by atoms with Gasteiger partial charge in [-0.15, -0.1) is 0 Å². The van der Waals surface area contributed by atoms with Gasteiger partial charge in [-0.2, -0.15) is 0 Å².